The number of hydrogen-bond acceptors (Lipinski definition) is 3. The average molecular weight is 337 g/mol. The van der Waals surface area contributed by atoms with Crippen LogP contribution in [-0.2, 0) is 0 Å². The summed E-state index contributed by atoms with van der Waals surface area (Å²) in [5, 5.41) is 0. The van der Waals surface area contributed by atoms with Crippen molar-refractivity contribution in [3.05, 3.63) is 28.2 Å². The van der Waals surface area contributed by atoms with Gasteiger partial charge in [-0.3, -0.25) is 9.69 Å². The number of aldehydes is 1. The Bertz CT molecular complexity index is 485. The molecule has 1 atom stereocenters. The van der Waals surface area contributed by atoms with Crippen molar-refractivity contribution in [1.82, 2.24) is 4.90 Å². The van der Waals surface area contributed by atoms with Crippen molar-refractivity contribution >= 4 is 27.9 Å². The first-order valence-electron chi connectivity index (χ1n) is 7.51. The van der Waals surface area contributed by atoms with Gasteiger partial charge in [0, 0.05) is 29.2 Å². The van der Waals surface area contributed by atoms with E-state index >= 15 is 0 Å². The van der Waals surface area contributed by atoms with E-state index in [0.717, 1.165) is 29.4 Å². The zero-order valence-electron chi connectivity index (χ0n) is 11.7. The second kappa shape index (κ2) is 6.27. The predicted molar refractivity (Wildman–Crippen MR) is 85.6 cm³/mol. The molecule has 0 N–H and O–H groups in total. The van der Waals surface area contributed by atoms with Gasteiger partial charge in [0.25, 0.3) is 0 Å². The van der Waals surface area contributed by atoms with E-state index in [1.54, 1.807) is 0 Å². The molecule has 2 aliphatic rings. The molecule has 1 aromatic carbocycles. The third kappa shape index (κ3) is 2.91. The first kappa shape index (κ1) is 14.1. The normalized spacial score (nSPS) is 24.1. The van der Waals surface area contributed by atoms with Crippen LogP contribution in [0, 0.1) is 0 Å². The highest BCUT2D eigenvalue weighted by Gasteiger charge is 2.29. The van der Waals surface area contributed by atoms with E-state index in [1.807, 2.05) is 12.1 Å². The lowest BCUT2D eigenvalue weighted by Crippen LogP contribution is -2.40. The smallest absolute Gasteiger partial charge is 0.150 e. The molecule has 0 aromatic heterocycles. The van der Waals surface area contributed by atoms with Crippen molar-refractivity contribution in [2.24, 2.45) is 0 Å². The number of likely N-dealkylation sites (tertiary alicyclic amines) is 1. The third-order valence-corrected chi connectivity index (χ3v) is 5.15. The van der Waals surface area contributed by atoms with Gasteiger partial charge in [-0.25, -0.2) is 0 Å². The van der Waals surface area contributed by atoms with Gasteiger partial charge in [0.2, 0.25) is 0 Å². The van der Waals surface area contributed by atoms with Gasteiger partial charge in [-0.1, -0.05) is 6.42 Å². The Kier molecular flexibility index (Phi) is 4.41. The Labute approximate surface area is 129 Å². The number of carbonyl (C=O) groups is 1. The Morgan fingerprint density at radius 2 is 1.95 bits per heavy atom. The highest BCUT2D eigenvalue weighted by Crippen LogP contribution is 2.31. The van der Waals surface area contributed by atoms with Gasteiger partial charge in [-0.2, -0.15) is 0 Å². The summed E-state index contributed by atoms with van der Waals surface area (Å²) in [5.41, 5.74) is 1.95. The van der Waals surface area contributed by atoms with Crippen molar-refractivity contribution < 1.29 is 4.79 Å². The summed E-state index contributed by atoms with van der Waals surface area (Å²) in [6.45, 7) is 4.76. The summed E-state index contributed by atoms with van der Waals surface area (Å²) in [5.74, 6) is 0. The molecule has 3 nitrogen and oxygen atoms in total. The van der Waals surface area contributed by atoms with E-state index in [9.17, 15) is 4.79 Å². The molecule has 2 heterocycles. The number of hydrogen-bond donors (Lipinski definition) is 0. The zero-order chi connectivity index (χ0) is 13.9. The molecular weight excluding hydrogens is 316 g/mol. The number of nitrogens with zero attached hydrogens (tertiary/aromatic N) is 2. The van der Waals surface area contributed by atoms with E-state index < -0.39 is 0 Å². The Morgan fingerprint density at radius 1 is 1.15 bits per heavy atom. The lowest BCUT2D eigenvalue weighted by Gasteiger charge is -2.32. The van der Waals surface area contributed by atoms with Crippen LogP contribution in [-0.4, -0.2) is 43.4 Å². The summed E-state index contributed by atoms with van der Waals surface area (Å²) in [4.78, 5) is 15.9. The number of piperidine rings is 1. The monoisotopic (exact) mass is 336 g/mol. The molecule has 2 aliphatic heterocycles. The number of benzene rings is 1. The summed E-state index contributed by atoms with van der Waals surface area (Å²) < 4.78 is 1.03. The maximum Gasteiger partial charge on any atom is 0.150 e. The van der Waals surface area contributed by atoms with Gasteiger partial charge in [0.15, 0.2) is 0 Å². The van der Waals surface area contributed by atoms with Crippen LogP contribution in [0.2, 0.25) is 0 Å². The molecule has 2 saturated heterocycles. The SMILES string of the molecule is O=Cc1ccc(N2CCC(N3CCCCC3)C2)c(Br)c1. The molecule has 0 radical (unpaired) electrons. The minimum atomic E-state index is 0.702. The van der Waals surface area contributed by atoms with Crippen LogP contribution in [0.15, 0.2) is 22.7 Å². The Morgan fingerprint density at radius 3 is 2.65 bits per heavy atom. The van der Waals surface area contributed by atoms with Gasteiger partial charge in [0.1, 0.15) is 6.29 Å². The summed E-state index contributed by atoms with van der Waals surface area (Å²) >= 11 is 3.60. The van der Waals surface area contributed by atoms with Crippen LogP contribution in [0.1, 0.15) is 36.0 Å². The van der Waals surface area contributed by atoms with Crippen LogP contribution >= 0.6 is 15.9 Å². The molecule has 4 heteroatoms. The first-order chi connectivity index (χ1) is 9.78. The molecule has 2 fully saturated rings. The minimum absolute atomic E-state index is 0.702. The van der Waals surface area contributed by atoms with Crippen molar-refractivity contribution in [2.75, 3.05) is 31.1 Å². The van der Waals surface area contributed by atoms with Crippen LogP contribution in [0.3, 0.4) is 0 Å². The van der Waals surface area contributed by atoms with E-state index in [2.05, 4.69) is 31.8 Å². The highest BCUT2D eigenvalue weighted by molar-refractivity contribution is 9.10. The van der Waals surface area contributed by atoms with Gasteiger partial charge in [-0.15, -0.1) is 0 Å². The first-order valence-corrected chi connectivity index (χ1v) is 8.31. The maximum atomic E-state index is 10.8. The Balaban J connectivity index is 1.68. The molecular formula is C16H21BrN2O. The second-order valence-corrected chi connectivity index (χ2v) is 6.67. The lowest BCUT2D eigenvalue weighted by molar-refractivity contribution is 0.112. The summed E-state index contributed by atoms with van der Waals surface area (Å²) in [6.07, 6.45) is 6.25. The second-order valence-electron chi connectivity index (χ2n) is 5.81. The van der Waals surface area contributed by atoms with Gasteiger partial charge < -0.3 is 4.90 Å². The van der Waals surface area contributed by atoms with E-state index in [0.29, 0.717) is 6.04 Å². The fourth-order valence-corrected chi connectivity index (χ4v) is 4.04. The lowest BCUT2D eigenvalue weighted by atomic mass is 10.1. The topological polar surface area (TPSA) is 23.6 Å². The fraction of sp³-hybridized carbons (Fsp3) is 0.562. The maximum absolute atomic E-state index is 10.8. The molecule has 1 aromatic rings. The van der Waals surface area contributed by atoms with E-state index in [1.165, 1.54) is 44.5 Å². The van der Waals surface area contributed by atoms with Crippen molar-refractivity contribution in [3.8, 4) is 0 Å². The van der Waals surface area contributed by atoms with Gasteiger partial charge in [-0.05, 0) is 66.5 Å². The average Bonchev–Trinajstić information content (AvgIpc) is 2.97. The molecule has 1 unspecified atom stereocenters. The van der Waals surface area contributed by atoms with Crippen molar-refractivity contribution in [3.63, 3.8) is 0 Å². The van der Waals surface area contributed by atoms with Gasteiger partial charge in [0.05, 0.1) is 5.69 Å². The number of halogens is 1. The third-order valence-electron chi connectivity index (χ3n) is 4.52. The molecule has 0 amide bonds. The van der Waals surface area contributed by atoms with Crippen molar-refractivity contribution in [1.29, 1.82) is 0 Å². The highest BCUT2D eigenvalue weighted by atomic mass is 79.9. The Hall–Kier alpha value is -0.870. The number of rotatable bonds is 3. The molecule has 0 spiro atoms. The number of anilines is 1. The van der Waals surface area contributed by atoms with Crippen LogP contribution in [0.5, 0.6) is 0 Å². The predicted octanol–water partition coefficient (Wildman–Crippen LogP) is 3.33. The zero-order valence-corrected chi connectivity index (χ0v) is 13.3. The number of carbonyl (C=O) groups excluding carboxylic acids is 1. The van der Waals surface area contributed by atoms with Gasteiger partial charge >= 0.3 is 0 Å². The van der Waals surface area contributed by atoms with E-state index in [4.69, 9.17) is 0 Å². The molecule has 0 bridgehead atoms. The van der Waals surface area contributed by atoms with E-state index in [-0.39, 0.29) is 0 Å². The standard InChI is InChI=1S/C16H21BrN2O/c17-15-10-13(12-20)4-5-16(15)19-9-6-14(11-19)18-7-2-1-3-8-18/h4-5,10,12,14H,1-3,6-9,11H2. The molecule has 0 aliphatic carbocycles. The van der Waals surface area contributed by atoms with Crippen LogP contribution < -0.4 is 4.90 Å². The molecule has 3 rings (SSSR count). The van der Waals surface area contributed by atoms with Crippen LogP contribution in [0.4, 0.5) is 5.69 Å². The quantitative estimate of drug-likeness (QED) is 0.791. The largest absolute Gasteiger partial charge is 0.369 e. The summed E-state index contributed by atoms with van der Waals surface area (Å²) in [6, 6.07) is 6.58. The summed E-state index contributed by atoms with van der Waals surface area (Å²) in [7, 11) is 0. The van der Waals surface area contributed by atoms with Crippen molar-refractivity contribution in [2.45, 2.75) is 31.7 Å². The fourth-order valence-electron chi connectivity index (χ4n) is 3.40. The van der Waals surface area contributed by atoms with Crippen LogP contribution in [0.25, 0.3) is 0 Å². The molecule has 108 valence electrons. The minimum Gasteiger partial charge on any atom is -0.369 e. The molecule has 20 heavy (non-hydrogen) atoms. The molecule has 0 saturated carbocycles.